The molecule has 3 aromatic carbocycles. The molecular formula is C23H17BrN2O3. The third-order valence-electron chi connectivity index (χ3n) is 4.29. The van der Waals surface area contributed by atoms with Crippen LogP contribution >= 0.6 is 15.9 Å². The summed E-state index contributed by atoms with van der Waals surface area (Å²) in [4.78, 5) is 10.3. The van der Waals surface area contributed by atoms with E-state index in [0.717, 1.165) is 15.6 Å². The quantitative estimate of drug-likeness (QED) is 0.191. The topological polar surface area (TPSA) is 76.2 Å². The molecule has 0 aromatic heterocycles. The van der Waals surface area contributed by atoms with Crippen LogP contribution in [0.3, 0.4) is 0 Å². The molecule has 0 aliphatic rings. The summed E-state index contributed by atoms with van der Waals surface area (Å²) in [5, 5.41) is 20.3. The predicted molar refractivity (Wildman–Crippen MR) is 116 cm³/mol. The van der Waals surface area contributed by atoms with Crippen LogP contribution in [-0.2, 0) is 6.61 Å². The predicted octanol–water partition coefficient (Wildman–Crippen LogP) is 6.31. The Morgan fingerprint density at radius 2 is 1.83 bits per heavy atom. The lowest BCUT2D eigenvalue weighted by molar-refractivity contribution is -0.384. The minimum absolute atomic E-state index is 0.0103. The third-order valence-corrected chi connectivity index (χ3v) is 4.91. The van der Waals surface area contributed by atoms with Crippen LogP contribution in [0.1, 0.15) is 22.3 Å². The van der Waals surface area contributed by atoms with Crippen molar-refractivity contribution in [3.05, 3.63) is 104 Å². The highest BCUT2D eigenvalue weighted by atomic mass is 79.9. The van der Waals surface area contributed by atoms with Crippen LogP contribution in [0.5, 0.6) is 5.75 Å². The Hall–Kier alpha value is -3.43. The number of non-ortho nitro benzene ring substituents is 1. The highest BCUT2D eigenvalue weighted by Crippen LogP contribution is 2.29. The lowest BCUT2D eigenvalue weighted by Crippen LogP contribution is -1.96. The summed E-state index contributed by atoms with van der Waals surface area (Å²) in [6.45, 7) is 2.50. The standard InChI is InChI=1S/C23H17BrN2O3/c1-16-2-4-17(5-3-16)15-29-23-11-6-18(13-22(23)24)12-20(14-25)19-7-9-21(10-8-19)26(27)28/h2-13H,15H2,1H3/b20-12-. The first-order valence-electron chi connectivity index (χ1n) is 8.81. The Morgan fingerprint density at radius 1 is 1.14 bits per heavy atom. The van der Waals surface area contributed by atoms with Gasteiger partial charge in [0.05, 0.1) is 21.0 Å². The Labute approximate surface area is 177 Å². The molecule has 5 nitrogen and oxygen atoms in total. The van der Waals surface area contributed by atoms with Gasteiger partial charge in [0, 0.05) is 12.1 Å². The van der Waals surface area contributed by atoms with E-state index >= 15 is 0 Å². The lowest BCUT2D eigenvalue weighted by atomic mass is 10.0. The van der Waals surface area contributed by atoms with Crippen LogP contribution in [-0.4, -0.2) is 4.92 Å². The van der Waals surface area contributed by atoms with E-state index in [1.807, 2.05) is 49.4 Å². The fourth-order valence-electron chi connectivity index (χ4n) is 2.68. The minimum atomic E-state index is -0.466. The Bertz CT molecular complexity index is 1100. The average Bonchev–Trinajstić information content (AvgIpc) is 2.72. The highest BCUT2D eigenvalue weighted by molar-refractivity contribution is 9.10. The van der Waals surface area contributed by atoms with Crippen molar-refractivity contribution in [3.8, 4) is 11.8 Å². The number of hydrogen-bond acceptors (Lipinski definition) is 4. The largest absolute Gasteiger partial charge is 0.488 e. The van der Waals surface area contributed by atoms with E-state index < -0.39 is 4.92 Å². The van der Waals surface area contributed by atoms with Gasteiger partial charge in [-0.2, -0.15) is 5.26 Å². The smallest absolute Gasteiger partial charge is 0.269 e. The van der Waals surface area contributed by atoms with Gasteiger partial charge in [0.15, 0.2) is 0 Å². The first-order chi connectivity index (χ1) is 14.0. The van der Waals surface area contributed by atoms with Crippen LogP contribution in [0.15, 0.2) is 71.2 Å². The second-order valence-corrected chi connectivity index (χ2v) is 7.29. The molecule has 0 atom stereocenters. The molecule has 0 spiro atoms. The zero-order valence-electron chi connectivity index (χ0n) is 15.6. The molecule has 0 unspecified atom stereocenters. The van der Waals surface area contributed by atoms with Gasteiger partial charge in [-0.15, -0.1) is 0 Å². The molecule has 0 amide bonds. The first kappa shape index (κ1) is 20.3. The highest BCUT2D eigenvalue weighted by Gasteiger charge is 2.08. The van der Waals surface area contributed by atoms with Crippen molar-refractivity contribution in [2.24, 2.45) is 0 Å². The van der Waals surface area contributed by atoms with Gasteiger partial charge >= 0.3 is 0 Å². The maximum absolute atomic E-state index is 10.8. The third kappa shape index (κ3) is 5.31. The Kier molecular flexibility index (Phi) is 6.43. The maximum Gasteiger partial charge on any atom is 0.269 e. The molecule has 0 radical (unpaired) electrons. The summed E-state index contributed by atoms with van der Waals surface area (Å²) < 4.78 is 6.65. The number of nitro benzene ring substituents is 1. The number of nitro groups is 1. The van der Waals surface area contributed by atoms with Gasteiger partial charge in [-0.1, -0.05) is 35.9 Å². The number of halogens is 1. The van der Waals surface area contributed by atoms with E-state index in [1.165, 1.54) is 17.7 Å². The number of nitrogens with zero attached hydrogens (tertiary/aromatic N) is 2. The van der Waals surface area contributed by atoms with Gasteiger partial charge in [-0.05, 0) is 69.9 Å². The van der Waals surface area contributed by atoms with Crippen molar-refractivity contribution in [3.63, 3.8) is 0 Å². The molecule has 0 aliphatic carbocycles. The van der Waals surface area contributed by atoms with Crippen LogP contribution in [0.4, 0.5) is 5.69 Å². The summed E-state index contributed by atoms with van der Waals surface area (Å²) in [6, 6.07) is 21.8. The summed E-state index contributed by atoms with van der Waals surface area (Å²) in [7, 11) is 0. The number of hydrogen-bond donors (Lipinski definition) is 0. The number of ether oxygens (including phenoxy) is 1. The number of aryl methyl sites for hydroxylation is 1. The fraction of sp³-hybridized carbons (Fsp3) is 0.0870. The van der Waals surface area contributed by atoms with E-state index in [-0.39, 0.29) is 5.69 Å². The summed E-state index contributed by atoms with van der Waals surface area (Å²) >= 11 is 3.51. The van der Waals surface area contributed by atoms with E-state index in [0.29, 0.717) is 23.5 Å². The van der Waals surface area contributed by atoms with Crippen molar-refractivity contribution >= 4 is 33.3 Å². The first-order valence-corrected chi connectivity index (χ1v) is 9.60. The molecule has 29 heavy (non-hydrogen) atoms. The number of rotatable bonds is 6. The van der Waals surface area contributed by atoms with Crippen molar-refractivity contribution in [1.82, 2.24) is 0 Å². The Balaban J connectivity index is 1.76. The van der Waals surface area contributed by atoms with Gasteiger partial charge in [0.1, 0.15) is 12.4 Å². The van der Waals surface area contributed by atoms with E-state index in [1.54, 1.807) is 18.2 Å². The number of allylic oxidation sites excluding steroid dienone is 1. The van der Waals surface area contributed by atoms with E-state index in [2.05, 4.69) is 22.0 Å². The van der Waals surface area contributed by atoms with Gasteiger partial charge in [0.2, 0.25) is 0 Å². The van der Waals surface area contributed by atoms with Crippen LogP contribution < -0.4 is 4.74 Å². The molecule has 0 bridgehead atoms. The molecule has 0 fully saturated rings. The van der Waals surface area contributed by atoms with E-state index in [9.17, 15) is 15.4 Å². The zero-order chi connectivity index (χ0) is 20.8. The monoisotopic (exact) mass is 448 g/mol. The summed E-state index contributed by atoms with van der Waals surface area (Å²) in [6.07, 6.45) is 1.73. The van der Waals surface area contributed by atoms with Crippen LogP contribution in [0.25, 0.3) is 11.6 Å². The molecule has 0 saturated carbocycles. The van der Waals surface area contributed by atoms with Gasteiger partial charge in [-0.3, -0.25) is 10.1 Å². The second-order valence-electron chi connectivity index (χ2n) is 6.44. The van der Waals surface area contributed by atoms with Crippen molar-refractivity contribution < 1.29 is 9.66 Å². The molecule has 6 heteroatoms. The average molecular weight is 449 g/mol. The van der Waals surface area contributed by atoms with E-state index in [4.69, 9.17) is 4.74 Å². The van der Waals surface area contributed by atoms with Gasteiger partial charge < -0.3 is 4.74 Å². The van der Waals surface area contributed by atoms with Crippen molar-refractivity contribution in [2.75, 3.05) is 0 Å². The summed E-state index contributed by atoms with van der Waals surface area (Å²) in [5.41, 5.74) is 4.12. The molecule has 0 aliphatic heterocycles. The van der Waals surface area contributed by atoms with Gasteiger partial charge in [-0.25, -0.2) is 0 Å². The summed E-state index contributed by atoms with van der Waals surface area (Å²) in [5.74, 6) is 0.705. The van der Waals surface area contributed by atoms with Crippen molar-refractivity contribution in [1.29, 1.82) is 5.26 Å². The lowest BCUT2D eigenvalue weighted by Gasteiger charge is -2.09. The molecule has 3 rings (SSSR count). The SMILES string of the molecule is Cc1ccc(COc2ccc(/C=C(/C#N)c3ccc([N+](=O)[O-])cc3)cc2Br)cc1. The molecule has 3 aromatic rings. The number of nitriles is 1. The molecule has 0 N–H and O–H groups in total. The minimum Gasteiger partial charge on any atom is -0.488 e. The Morgan fingerprint density at radius 3 is 2.41 bits per heavy atom. The van der Waals surface area contributed by atoms with Crippen LogP contribution in [0.2, 0.25) is 0 Å². The fourth-order valence-corrected chi connectivity index (χ4v) is 3.19. The maximum atomic E-state index is 10.8. The second kappa shape index (κ2) is 9.18. The van der Waals surface area contributed by atoms with Crippen LogP contribution in [0, 0.1) is 28.4 Å². The zero-order valence-corrected chi connectivity index (χ0v) is 17.2. The number of benzene rings is 3. The molecule has 0 heterocycles. The normalized spacial score (nSPS) is 11.0. The van der Waals surface area contributed by atoms with Crippen molar-refractivity contribution in [2.45, 2.75) is 13.5 Å². The van der Waals surface area contributed by atoms with Gasteiger partial charge in [0.25, 0.3) is 5.69 Å². The molecule has 0 saturated heterocycles. The molecular weight excluding hydrogens is 432 g/mol. The molecule has 144 valence electrons.